The average molecular weight is 231 g/mol. The lowest BCUT2D eigenvalue weighted by Gasteiger charge is -2.08. The lowest BCUT2D eigenvalue weighted by Crippen LogP contribution is -2.08. The van der Waals surface area contributed by atoms with Crippen LogP contribution in [0.15, 0.2) is 23.1 Å². The smallest absolute Gasteiger partial charge is 0.179 e. The minimum absolute atomic E-state index is 0.123. The summed E-state index contributed by atoms with van der Waals surface area (Å²) in [6, 6.07) is 4.71. The van der Waals surface area contributed by atoms with Gasteiger partial charge in [-0.1, -0.05) is 6.07 Å². The number of nitrogens with one attached hydrogen (secondary N) is 1. The van der Waals surface area contributed by atoms with Gasteiger partial charge in [0.1, 0.15) is 10.6 Å². The Morgan fingerprint density at radius 2 is 2.13 bits per heavy atom. The summed E-state index contributed by atoms with van der Waals surface area (Å²) in [6.07, 6.45) is 1.11. The van der Waals surface area contributed by atoms with Gasteiger partial charge in [-0.25, -0.2) is 13.9 Å². The van der Waals surface area contributed by atoms with Gasteiger partial charge in [0.25, 0.3) is 0 Å². The van der Waals surface area contributed by atoms with Crippen molar-refractivity contribution in [1.82, 2.24) is 5.48 Å². The normalized spacial score (nSPS) is 11.4. The van der Waals surface area contributed by atoms with E-state index in [1.165, 1.54) is 13.2 Å². The molecule has 0 bridgehead atoms. The number of benzene rings is 1. The van der Waals surface area contributed by atoms with Crippen LogP contribution in [0.3, 0.4) is 0 Å². The molecule has 0 amide bonds. The number of rotatable bonds is 4. The molecule has 0 heterocycles. The fourth-order valence-corrected chi connectivity index (χ4v) is 2.09. The van der Waals surface area contributed by atoms with Gasteiger partial charge in [-0.2, -0.15) is 0 Å². The fourth-order valence-electron chi connectivity index (χ4n) is 1.21. The van der Waals surface area contributed by atoms with E-state index in [0.717, 1.165) is 6.26 Å². The van der Waals surface area contributed by atoms with Crippen LogP contribution >= 0.6 is 0 Å². The highest BCUT2D eigenvalue weighted by atomic mass is 32.2. The highest BCUT2D eigenvalue weighted by molar-refractivity contribution is 7.90. The van der Waals surface area contributed by atoms with Crippen LogP contribution in [0.25, 0.3) is 0 Å². The van der Waals surface area contributed by atoms with E-state index in [-0.39, 0.29) is 11.4 Å². The Bertz CT molecular complexity index is 441. The zero-order valence-corrected chi connectivity index (χ0v) is 9.34. The lowest BCUT2D eigenvalue weighted by molar-refractivity contribution is 0.161. The fraction of sp³-hybridized carbons (Fsp3) is 0.333. The van der Waals surface area contributed by atoms with Gasteiger partial charge < -0.3 is 9.94 Å². The molecule has 0 spiro atoms. The molecule has 1 aromatic carbocycles. The SMILES string of the molecule is COc1ccc(CNO)cc1S(C)(=O)=O. The molecule has 0 unspecified atom stereocenters. The van der Waals surface area contributed by atoms with Crippen LogP contribution in [0.1, 0.15) is 5.56 Å². The zero-order valence-electron chi connectivity index (χ0n) is 8.52. The second-order valence-corrected chi connectivity index (χ2v) is 5.08. The molecular formula is C9H13NO4S. The van der Waals surface area contributed by atoms with Crippen LogP contribution in [-0.4, -0.2) is 27.0 Å². The molecule has 0 aliphatic rings. The highest BCUT2D eigenvalue weighted by Crippen LogP contribution is 2.24. The van der Waals surface area contributed by atoms with Gasteiger partial charge in [0, 0.05) is 12.8 Å². The Labute approximate surface area is 88.6 Å². The first-order valence-electron chi connectivity index (χ1n) is 4.23. The van der Waals surface area contributed by atoms with Crippen molar-refractivity contribution in [3.63, 3.8) is 0 Å². The van der Waals surface area contributed by atoms with Crippen LogP contribution in [-0.2, 0) is 16.4 Å². The first-order valence-corrected chi connectivity index (χ1v) is 6.12. The quantitative estimate of drug-likeness (QED) is 0.741. The van der Waals surface area contributed by atoms with Crippen LogP contribution in [0.5, 0.6) is 5.75 Å². The predicted octanol–water partition coefficient (Wildman–Crippen LogP) is 0.578. The largest absolute Gasteiger partial charge is 0.495 e. The van der Waals surface area contributed by atoms with Crippen LogP contribution in [0, 0.1) is 0 Å². The van der Waals surface area contributed by atoms with Crippen molar-refractivity contribution in [1.29, 1.82) is 0 Å². The summed E-state index contributed by atoms with van der Waals surface area (Å²) < 4.78 is 27.8. The Kier molecular flexibility index (Phi) is 3.67. The summed E-state index contributed by atoms with van der Waals surface area (Å²) in [5.74, 6) is 0.305. The first-order chi connectivity index (χ1) is 6.99. The standard InChI is InChI=1S/C9H13NO4S/c1-14-8-4-3-7(6-10-11)5-9(8)15(2,12)13/h3-5,10-11H,6H2,1-2H3. The van der Waals surface area contributed by atoms with Crippen molar-refractivity contribution in [3.8, 4) is 5.75 Å². The molecule has 2 N–H and O–H groups in total. The maximum Gasteiger partial charge on any atom is 0.179 e. The second kappa shape index (κ2) is 4.61. The summed E-state index contributed by atoms with van der Waals surface area (Å²) in [4.78, 5) is 0.123. The highest BCUT2D eigenvalue weighted by Gasteiger charge is 2.14. The Balaban J connectivity index is 3.26. The van der Waals surface area contributed by atoms with Gasteiger partial charge in [-0.15, -0.1) is 0 Å². The van der Waals surface area contributed by atoms with Gasteiger partial charge in [-0.05, 0) is 17.7 Å². The average Bonchev–Trinajstić information content (AvgIpc) is 2.17. The molecule has 0 fully saturated rings. The number of sulfone groups is 1. The minimum Gasteiger partial charge on any atom is -0.495 e. The second-order valence-electron chi connectivity index (χ2n) is 3.09. The van der Waals surface area contributed by atoms with E-state index in [1.54, 1.807) is 12.1 Å². The van der Waals surface area contributed by atoms with Crippen molar-refractivity contribution in [2.45, 2.75) is 11.4 Å². The third kappa shape index (κ3) is 2.92. The molecule has 0 saturated heterocycles. The number of methoxy groups -OCH3 is 1. The number of ether oxygens (including phenoxy) is 1. The molecule has 0 saturated carbocycles. The molecule has 5 nitrogen and oxygen atoms in total. The summed E-state index contributed by atoms with van der Waals surface area (Å²) in [7, 11) is -1.91. The molecule has 6 heteroatoms. The zero-order chi connectivity index (χ0) is 11.5. The molecule has 84 valence electrons. The van der Waals surface area contributed by atoms with E-state index in [9.17, 15) is 8.42 Å². The minimum atomic E-state index is -3.32. The molecule has 1 aromatic rings. The van der Waals surface area contributed by atoms with Crippen molar-refractivity contribution < 1.29 is 18.4 Å². The van der Waals surface area contributed by atoms with E-state index in [0.29, 0.717) is 11.3 Å². The third-order valence-corrected chi connectivity index (χ3v) is 3.03. The van der Waals surface area contributed by atoms with E-state index in [4.69, 9.17) is 9.94 Å². The van der Waals surface area contributed by atoms with Crippen molar-refractivity contribution in [2.24, 2.45) is 0 Å². The number of hydrogen-bond acceptors (Lipinski definition) is 5. The monoisotopic (exact) mass is 231 g/mol. The van der Waals surface area contributed by atoms with Crippen LogP contribution in [0.2, 0.25) is 0 Å². The van der Waals surface area contributed by atoms with Crippen LogP contribution < -0.4 is 10.2 Å². The third-order valence-electron chi connectivity index (χ3n) is 1.91. The van der Waals surface area contributed by atoms with Crippen LogP contribution in [0.4, 0.5) is 0 Å². The van der Waals surface area contributed by atoms with Gasteiger partial charge in [0.05, 0.1) is 7.11 Å². The summed E-state index contributed by atoms with van der Waals surface area (Å²) in [6.45, 7) is 0.187. The van der Waals surface area contributed by atoms with Gasteiger partial charge in [-0.3, -0.25) is 0 Å². The maximum absolute atomic E-state index is 11.4. The van der Waals surface area contributed by atoms with E-state index in [2.05, 4.69) is 0 Å². The summed E-state index contributed by atoms with van der Waals surface area (Å²) >= 11 is 0. The molecular weight excluding hydrogens is 218 g/mol. The molecule has 1 rings (SSSR count). The predicted molar refractivity (Wildman–Crippen MR) is 54.7 cm³/mol. The molecule has 0 atom stereocenters. The molecule has 0 aliphatic heterocycles. The van der Waals surface area contributed by atoms with Gasteiger partial charge in [0.2, 0.25) is 0 Å². The summed E-state index contributed by atoms with van der Waals surface area (Å²) in [5, 5.41) is 8.51. The molecule has 0 aliphatic carbocycles. The number of hydrogen-bond donors (Lipinski definition) is 2. The lowest BCUT2D eigenvalue weighted by atomic mass is 10.2. The Morgan fingerprint density at radius 1 is 1.47 bits per heavy atom. The van der Waals surface area contributed by atoms with Crippen molar-refractivity contribution in [3.05, 3.63) is 23.8 Å². The molecule has 15 heavy (non-hydrogen) atoms. The maximum atomic E-state index is 11.4. The van der Waals surface area contributed by atoms with E-state index in [1.807, 2.05) is 5.48 Å². The van der Waals surface area contributed by atoms with Crippen molar-refractivity contribution >= 4 is 9.84 Å². The van der Waals surface area contributed by atoms with Gasteiger partial charge in [0.15, 0.2) is 9.84 Å². The Hall–Kier alpha value is -1.11. The van der Waals surface area contributed by atoms with E-state index >= 15 is 0 Å². The topological polar surface area (TPSA) is 75.6 Å². The first kappa shape index (κ1) is 12.0. The molecule has 0 radical (unpaired) electrons. The Morgan fingerprint density at radius 3 is 2.60 bits per heavy atom. The van der Waals surface area contributed by atoms with E-state index < -0.39 is 9.84 Å². The van der Waals surface area contributed by atoms with Gasteiger partial charge >= 0.3 is 0 Å². The van der Waals surface area contributed by atoms with Crippen molar-refractivity contribution in [2.75, 3.05) is 13.4 Å². The molecule has 0 aromatic heterocycles. The summed E-state index contributed by atoms with van der Waals surface area (Å²) in [5.41, 5.74) is 2.63. The number of hydroxylamine groups is 1.